The van der Waals surface area contributed by atoms with Crippen LogP contribution in [0, 0.1) is 12.8 Å². The number of nitrogens with two attached hydrogens (primary N) is 1. The van der Waals surface area contributed by atoms with Crippen LogP contribution in [-0.4, -0.2) is 31.8 Å². The molecule has 1 unspecified atom stereocenters. The number of nitrogens with one attached hydrogen (secondary N) is 1. The quantitative estimate of drug-likeness (QED) is 0.463. The zero-order chi connectivity index (χ0) is 18.2. The van der Waals surface area contributed by atoms with Crippen molar-refractivity contribution in [2.45, 2.75) is 64.5 Å². The fourth-order valence-corrected chi connectivity index (χ4v) is 3.70. The molecule has 3 rings (SSSR count). The lowest BCUT2D eigenvalue weighted by molar-refractivity contribution is 0.166. The van der Waals surface area contributed by atoms with Gasteiger partial charge in [-0.25, -0.2) is 4.99 Å². The molecule has 1 aromatic rings. The molecule has 3 N–H and O–H groups in total. The van der Waals surface area contributed by atoms with E-state index in [0.29, 0.717) is 31.1 Å². The largest absolute Gasteiger partial charge is 0.493 e. The van der Waals surface area contributed by atoms with Gasteiger partial charge >= 0.3 is 0 Å². The van der Waals surface area contributed by atoms with E-state index in [4.69, 9.17) is 15.2 Å². The third kappa shape index (κ3) is 5.90. The van der Waals surface area contributed by atoms with Crippen LogP contribution in [0.3, 0.4) is 0 Å². The molecule has 1 atom stereocenters. The van der Waals surface area contributed by atoms with Gasteiger partial charge in [0, 0.05) is 24.1 Å². The topological polar surface area (TPSA) is 68.9 Å². The fraction of sp³-hybridized carbons (Fsp3) is 0.667. The van der Waals surface area contributed by atoms with Gasteiger partial charge in [0.2, 0.25) is 0 Å². The second kappa shape index (κ2) is 9.81. The summed E-state index contributed by atoms with van der Waals surface area (Å²) < 4.78 is 11.5. The molecule has 5 nitrogen and oxygen atoms in total. The van der Waals surface area contributed by atoms with Crippen molar-refractivity contribution in [3.05, 3.63) is 29.3 Å². The van der Waals surface area contributed by atoms with Gasteiger partial charge in [-0.15, -0.1) is 0 Å². The van der Waals surface area contributed by atoms with Gasteiger partial charge in [-0.3, -0.25) is 0 Å². The monoisotopic (exact) mass is 359 g/mol. The number of hydrogen-bond donors (Lipinski definition) is 2. The summed E-state index contributed by atoms with van der Waals surface area (Å²) in [7, 11) is 0. The molecule has 144 valence electrons. The molecule has 1 saturated carbocycles. The first-order chi connectivity index (χ1) is 12.7. The van der Waals surface area contributed by atoms with Gasteiger partial charge in [0.25, 0.3) is 0 Å². The van der Waals surface area contributed by atoms with Crippen LogP contribution in [0.15, 0.2) is 23.2 Å². The lowest BCUT2D eigenvalue weighted by Gasteiger charge is -2.17. The fourth-order valence-electron chi connectivity index (χ4n) is 3.70. The highest BCUT2D eigenvalue weighted by Crippen LogP contribution is 2.23. The summed E-state index contributed by atoms with van der Waals surface area (Å²) in [5, 5.41) is 3.41. The summed E-state index contributed by atoms with van der Waals surface area (Å²) in [6.07, 6.45) is 8.71. The number of aliphatic imine (C=N–C) groups is 1. The number of rotatable bonds is 6. The van der Waals surface area contributed by atoms with Gasteiger partial charge < -0.3 is 20.5 Å². The van der Waals surface area contributed by atoms with Crippen LogP contribution in [0.2, 0.25) is 0 Å². The van der Waals surface area contributed by atoms with Crippen molar-refractivity contribution in [2.24, 2.45) is 16.6 Å². The number of aryl methyl sites for hydroxylation is 1. The lowest BCUT2D eigenvalue weighted by Crippen LogP contribution is -2.39. The highest BCUT2D eigenvalue weighted by molar-refractivity contribution is 5.78. The highest BCUT2D eigenvalue weighted by Gasteiger charge is 2.17. The van der Waals surface area contributed by atoms with Gasteiger partial charge in [-0.1, -0.05) is 37.8 Å². The molecule has 5 heteroatoms. The van der Waals surface area contributed by atoms with Crippen LogP contribution in [0.1, 0.15) is 56.1 Å². The molecule has 2 fully saturated rings. The van der Waals surface area contributed by atoms with E-state index in [1.54, 1.807) is 0 Å². The minimum atomic E-state index is 0.470. The van der Waals surface area contributed by atoms with Crippen molar-refractivity contribution < 1.29 is 9.47 Å². The normalized spacial score (nSPS) is 22.2. The maximum absolute atomic E-state index is 6.14. The number of benzene rings is 1. The van der Waals surface area contributed by atoms with Crippen molar-refractivity contribution in [1.29, 1.82) is 0 Å². The Kier molecular flexibility index (Phi) is 7.18. The molecule has 1 aliphatic heterocycles. The van der Waals surface area contributed by atoms with Crippen molar-refractivity contribution in [3.8, 4) is 5.75 Å². The standard InChI is InChI=1S/C21H33N3O2/c1-16-8-9-18(20(12-16)26-15-17-10-11-25-14-17)13-23-21(22)24-19-6-4-2-3-5-7-19/h8-9,12,17,19H,2-7,10-11,13-15H2,1H3,(H3,22,23,24). The maximum Gasteiger partial charge on any atom is 0.189 e. The second-order valence-electron chi connectivity index (χ2n) is 7.69. The molecule has 1 heterocycles. The van der Waals surface area contributed by atoms with Crippen LogP contribution in [0.5, 0.6) is 5.75 Å². The van der Waals surface area contributed by atoms with Crippen LogP contribution in [0.4, 0.5) is 0 Å². The van der Waals surface area contributed by atoms with Crippen LogP contribution >= 0.6 is 0 Å². The second-order valence-corrected chi connectivity index (χ2v) is 7.69. The summed E-state index contributed by atoms with van der Waals surface area (Å²) in [5.74, 6) is 1.96. The Bertz CT molecular complexity index is 589. The molecular weight excluding hydrogens is 326 g/mol. The van der Waals surface area contributed by atoms with E-state index in [9.17, 15) is 0 Å². The van der Waals surface area contributed by atoms with Crippen LogP contribution in [0.25, 0.3) is 0 Å². The highest BCUT2D eigenvalue weighted by atomic mass is 16.5. The zero-order valence-corrected chi connectivity index (χ0v) is 16.0. The molecule has 2 aliphatic rings. The molecule has 0 bridgehead atoms. The van der Waals surface area contributed by atoms with Crippen LogP contribution < -0.4 is 15.8 Å². The number of ether oxygens (including phenoxy) is 2. The summed E-state index contributed by atoms with van der Waals surface area (Å²) in [6.45, 7) is 4.98. The average molecular weight is 360 g/mol. The first-order valence-corrected chi connectivity index (χ1v) is 10.1. The van der Waals surface area contributed by atoms with Gasteiger partial charge in [0.05, 0.1) is 19.8 Å². The van der Waals surface area contributed by atoms with Crippen molar-refractivity contribution in [3.63, 3.8) is 0 Å². The van der Waals surface area contributed by atoms with Gasteiger partial charge in [-0.2, -0.15) is 0 Å². The van der Waals surface area contributed by atoms with Gasteiger partial charge in [0.15, 0.2) is 5.96 Å². The van der Waals surface area contributed by atoms with E-state index in [-0.39, 0.29) is 0 Å². The number of guanidine groups is 1. The van der Waals surface area contributed by atoms with Gasteiger partial charge in [0.1, 0.15) is 5.75 Å². The molecule has 0 spiro atoms. The number of nitrogens with zero attached hydrogens (tertiary/aromatic N) is 1. The minimum Gasteiger partial charge on any atom is -0.493 e. The van der Waals surface area contributed by atoms with E-state index < -0.39 is 0 Å². The Hall–Kier alpha value is -1.75. The molecule has 26 heavy (non-hydrogen) atoms. The third-order valence-electron chi connectivity index (χ3n) is 5.35. The van der Waals surface area contributed by atoms with E-state index >= 15 is 0 Å². The summed E-state index contributed by atoms with van der Waals surface area (Å²) in [5.41, 5.74) is 8.42. The molecule has 1 saturated heterocycles. The Morgan fingerprint density at radius 3 is 2.77 bits per heavy atom. The maximum atomic E-state index is 6.14. The molecule has 1 aromatic carbocycles. The van der Waals surface area contributed by atoms with E-state index in [1.807, 2.05) is 0 Å². The lowest BCUT2D eigenvalue weighted by atomic mass is 10.1. The van der Waals surface area contributed by atoms with Crippen molar-refractivity contribution >= 4 is 5.96 Å². The number of hydrogen-bond acceptors (Lipinski definition) is 3. The minimum absolute atomic E-state index is 0.470. The molecule has 0 amide bonds. The van der Waals surface area contributed by atoms with E-state index in [0.717, 1.165) is 30.9 Å². The molecule has 0 radical (unpaired) electrons. The van der Waals surface area contributed by atoms with Gasteiger partial charge in [-0.05, 0) is 37.8 Å². The SMILES string of the molecule is Cc1ccc(CN=C(N)NC2CCCCCC2)c(OCC2CCOC2)c1. The Balaban J connectivity index is 1.56. The average Bonchev–Trinajstić information content (AvgIpc) is 3.03. The van der Waals surface area contributed by atoms with Crippen molar-refractivity contribution in [1.82, 2.24) is 5.32 Å². The van der Waals surface area contributed by atoms with Crippen LogP contribution in [-0.2, 0) is 11.3 Å². The summed E-state index contributed by atoms with van der Waals surface area (Å²) in [4.78, 5) is 4.57. The Morgan fingerprint density at radius 2 is 2.04 bits per heavy atom. The molecule has 0 aromatic heterocycles. The zero-order valence-electron chi connectivity index (χ0n) is 16.0. The predicted octanol–water partition coefficient (Wildman–Crippen LogP) is 3.54. The summed E-state index contributed by atoms with van der Waals surface area (Å²) in [6, 6.07) is 6.76. The smallest absolute Gasteiger partial charge is 0.189 e. The summed E-state index contributed by atoms with van der Waals surface area (Å²) >= 11 is 0. The molecule has 1 aliphatic carbocycles. The first kappa shape index (κ1) is 19.0. The Labute approximate surface area is 157 Å². The Morgan fingerprint density at radius 1 is 1.23 bits per heavy atom. The molecular formula is C21H33N3O2. The van der Waals surface area contributed by atoms with E-state index in [1.165, 1.54) is 44.1 Å². The first-order valence-electron chi connectivity index (χ1n) is 10.1. The van der Waals surface area contributed by atoms with Crippen molar-refractivity contribution in [2.75, 3.05) is 19.8 Å². The third-order valence-corrected chi connectivity index (χ3v) is 5.35. The van der Waals surface area contributed by atoms with E-state index in [2.05, 4.69) is 35.4 Å². The predicted molar refractivity (Wildman–Crippen MR) is 106 cm³/mol.